The topological polar surface area (TPSA) is 105 Å². The maximum atomic E-state index is 13.8. The molecule has 9 nitrogen and oxygen atoms in total. The molecule has 1 N–H and O–H groups in total. The number of halogens is 1. The second kappa shape index (κ2) is 11.2. The molecule has 4 rings (SSSR count). The minimum atomic E-state index is -1.39. The van der Waals surface area contributed by atoms with Crippen LogP contribution in [0.5, 0.6) is 11.5 Å². The number of anilines is 2. The highest BCUT2D eigenvalue weighted by Gasteiger charge is 2.42. The highest BCUT2D eigenvalue weighted by molar-refractivity contribution is 6.52. The van der Waals surface area contributed by atoms with Crippen molar-refractivity contribution in [1.82, 2.24) is 4.90 Å². The molecule has 1 aliphatic heterocycles. The van der Waals surface area contributed by atoms with Crippen molar-refractivity contribution in [2.45, 2.75) is 25.9 Å². The molecule has 10 heteroatoms. The summed E-state index contributed by atoms with van der Waals surface area (Å²) in [6.07, 6.45) is 0. The summed E-state index contributed by atoms with van der Waals surface area (Å²) >= 11 is 6.04. The molecular formula is C29H28ClN3O6. The van der Waals surface area contributed by atoms with Crippen molar-refractivity contribution in [2.24, 2.45) is 0 Å². The van der Waals surface area contributed by atoms with Crippen LogP contribution in [-0.2, 0) is 20.9 Å². The van der Waals surface area contributed by atoms with Crippen molar-refractivity contribution in [1.29, 1.82) is 0 Å². The van der Waals surface area contributed by atoms with E-state index >= 15 is 0 Å². The van der Waals surface area contributed by atoms with Gasteiger partial charge in [-0.25, -0.2) is 0 Å². The fraction of sp³-hybridized carbons (Fsp3) is 0.241. The molecule has 0 saturated carbocycles. The van der Waals surface area contributed by atoms with Gasteiger partial charge in [-0.2, -0.15) is 0 Å². The van der Waals surface area contributed by atoms with E-state index in [1.807, 2.05) is 0 Å². The van der Waals surface area contributed by atoms with Crippen molar-refractivity contribution >= 4 is 46.5 Å². The smallest absolute Gasteiger partial charge is 0.299 e. The predicted molar refractivity (Wildman–Crippen MR) is 147 cm³/mol. The van der Waals surface area contributed by atoms with Gasteiger partial charge in [-0.3, -0.25) is 24.1 Å². The molecule has 0 aliphatic carbocycles. The quantitative estimate of drug-likeness (QED) is 0.398. The molecule has 39 heavy (non-hydrogen) atoms. The van der Waals surface area contributed by atoms with Gasteiger partial charge in [-0.05, 0) is 55.8 Å². The van der Waals surface area contributed by atoms with Crippen LogP contribution in [0.2, 0.25) is 5.02 Å². The minimum absolute atomic E-state index is 0.0494. The lowest BCUT2D eigenvalue weighted by atomic mass is 9.99. The molecule has 3 aromatic rings. The first-order chi connectivity index (χ1) is 18.6. The molecule has 0 saturated heterocycles. The Morgan fingerprint density at radius 3 is 2.33 bits per heavy atom. The van der Waals surface area contributed by atoms with E-state index in [-0.39, 0.29) is 12.1 Å². The first kappa shape index (κ1) is 27.7. The molecule has 0 spiro atoms. The summed E-state index contributed by atoms with van der Waals surface area (Å²) in [5, 5.41) is 3.37. The van der Waals surface area contributed by atoms with Crippen LogP contribution in [0.25, 0.3) is 0 Å². The Morgan fingerprint density at radius 1 is 0.974 bits per heavy atom. The monoisotopic (exact) mass is 549 g/mol. The predicted octanol–water partition coefficient (Wildman–Crippen LogP) is 4.33. The number of rotatable bonds is 9. The summed E-state index contributed by atoms with van der Waals surface area (Å²) < 4.78 is 10.6. The SMILES string of the molecule is COc1ccc(NC(=O)C(C)(C)N(Cc2ccc(Cl)cc2)C(=O)CN2C(=O)C(=O)c3ccccc32)c(OC)c1. The molecule has 0 radical (unpaired) electrons. The Labute approximate surface area is 231 Å². The number of benzene rings is 3. The second-order valence-electron chi connectivity index (χ2n) is 9.42. The van der Waals surface area contributed by atoms with Crippen LogP contribution in [0.3, 0.4) is 0 Å². The van der Waals surface area contributed by atoms with Crippen molar-refractivity contribution in [3.8, 4) is 11.5 Å². The normalized spacial score (nSPS) is 12.7. The Bertz CT molecular complexity index is 1440. The number of nitrogens with one attached hydrogen (secondary N) is 1. The molecular weight excluding hydrogens is 522 g/mol. The number of amides is 3. The first-order valence-corrected chi connectivity index (χ1v) is 12.5. The molecule has 0 unspecified atom stereocenters. The minimum Gasteiger partial charge on any atom is -0.497 e. The van der Waals surface area contributed by atoms with Crippen LogP contribution in [0.15, 0.2) is 66.7 Å². The van der Waals surface area contributed by atoms with Gasteiger partial charge in [0.1, 0.15) is 23.6 Å². The lowest BCUT2D eigenvalue weighted by molar-refractivity contribution is -0.143. The average molecular weight is 550 g/mol. The van der Waals surface area contributed by atoms with E-state index in [2.05, 4.69) is 5.32 Å². The number of ether oxygens (including phenoxy) is 2. The van der Waals surface area contributed by atoms with Gasteiger partial charge in [0.05, 0.1) is 31.2 Å². The van der Waals surface area contributed by atoms with Crippen molar-refractivity contribution in [3.63, 3.8) is 0 Å². The molecule has 0 fully saturated rings. The third kappa shape index (κ3) is 5.58. The van der Waals surface area contributed by atoms with Gasteiger partial charge in [0.2, 0.25) is 11.8 Å². The summed E-state index contributed by atoms with van der Waals surface area (Å²) in [6.45, 7) is 2.85. The first-order valence-electron chi connectivity index (χ1n) is 12.1. The van der Waals surface area contributed by atoms with Gasteiger partial charge in [-0.1, -0.05) is 35.9 Å². The highest BCUT2D eigenvalue weighted by atomic mass is 35.5. The van der Waals surface area contributed by atoms with Crippen LogP contribution in [0.4, 0.5) is 11.4 Å². The number of para-hydroxylation sites is 1. The lowest BCUT2D eigenvalue weighted by Crippen LogP contribution is -2.57. The van der Waals surface area contributed by atoms with Crippen LogP contribution in [-0.4, -0.2) is 54.7 Å². The average Bonchev–Trinajstić information content (AvgIpc) is 3.17. The van der Waals surface area contributed by atoms with E-state index < -0.39 is 35.6 Å². The second-order valence-corrected chi connectivity index (χ2v) is 9.86. The molecule has 1 aliphatic rings. The largest absolute Gasteiger partial charge is 0.497 e. The molecule has 0 aromatic heterocycles. The van der Waals surface area contributed by atoms with Gasteiger partial charge in [0.25, 0.3) is 11.7 Å². The fourth-order valence-electron chi connectivity index (χ4n) is 4.30. The molecule has 3 aromatic carbocycles. The summed E-state index contributed by atoms with van der Waals surface area (Å²) in [6, 6.07) is 18.3. The molecule has 0 bridgehead atoms. The van der Waals surface area contributed by atoms with Gasteiger partial charge < -0.3 is 19.7 Å². The zero-order chi connectivity index (χ0) is 28.3. The van der Waals surface area contributed by atoms with Crippen LogP contribution >= 0.6 is 11.6 Å². The van der Waals surface area contributed by atoms with Gasteiger partial charge in [-0.15, -0.1) is 0 Å². The van der Waals surface area contributed by atoms with E-state index in [0.717, 1.165) is 10.5 Å². The summed E-state index contributed by atoms with van der Waals surface area (Å²) in [7, 11) is 2.99. The van der Waals surface area contributed by atoms with E-state index in [0.29, 0.717) is 27.9 Å². The van der Waals surface area contributed by atoms with Crippen LogP contribution in [0.1, 0.15) is 29.8 Å². The zero-order valence-electron chi connectivity index (χ0n) is 22.0. The Morgan fingerprint density at radius 2 is 1.67 bits per heavy atom. The maximum absolute atomic E-state index is 13.8. The Balaban J connectivity index is 1.65. The maximum Gasteiger partial charge on any atom is 0.299 e. The number of Topliss-reactive ketones (excluding diaryl/α,β-unsaturated/α-hetero) is 1. The molecule has 0 atom stereocenters. The number of methoxy groups -OCH3 is 2. The third-order valence-corrected chi connectivity index (χ3v) is 6.87. The molecule has 202 valence electrons. The van der Waals surface area contributed by atoms with Crippen molar-refractivity contribution in [3.05, 3.63) is 82.9 Å². The van der Waals surface area contributed by atoms with Crippen molar-refractivity contribution < 1.29 is 28.7 Å². The Hall–Kier alpha value is -4.37. The zero-order valence-corrected chi connectivity index (χ0v) is 22.7. The molecule has 1 heterocycles. The van der Waals surface area contributed by atoms with Gasteiger partial charge in [0, 0.05) is 17.6 Å². The van der Waals surface area contributed by atoms with E-state index in [9.17, 15) is 19.2 Å². The standard InChI is InChI=1S/C29H28ClN3O6/c1-29(2,28(37)31-22-14-13-20(38-3)15-24(22)39-4)33(16-18-9-11-19(30)12-10-18)25(34)17-32-23-8-6-5-7-21(23)26(35)27(32)36/h5-15H,16-17H2,1-4H3,(H,31,37). The number of nitrogens with zero attached hydrogens (tertiary/aromatic N) is 2. The van der Waals surface area contributed by atoms with Crippen molar-refractivity contribution in [2.75, 3.05) is 31.0 Å². The number of hydrogen-bond acceptors (Lipinski definition) is 6. The lowest BCUT2D eigenvalue weighted by Gasteiger charge is -2.38. The fourth-order valence-corrected chi connectivity index (χ4v) is 4.42. The number of carbonyl (C=O) groups is 4. The van der Waals surface area contributed by atoms with E-state index in [1.165, 1.54) is 19.1 Å². The number of carbonyl (C=O) groups excluding carboxylic acids is 4. The highest BCUT2D eigenvalue weighted by Crippen LogP contribution is 2.32. The number of fused-ring (bicyclic) bond motifs is 1. The summed E-state index contributed by atoms with van der Waals surface area (Å²) in [5.41, 5.74) is 0.318. The molecule has 3 amide bonds. The van der Waals surface area contributed by atoms with E-state index in [4.69, 9.17) is 21.1 Å². The van der Waals surface area contributed by atoms with Gasteiger partial charge >= 0.3 is 0 Å². The summed E-state index contributed by atoms with van der Waals surface area (Å²) in [4.78, 5) is 55.2. The number of hydrogen-bond donors (Lipinski definition) is 1. The van der Waals surface area contributed by atoms with Crippen LogP contribution in [0, 0.1) is 0 Å². The van der Waals surface area contributed by atoms with Crippen LogP contribution < -0.4 is 19.7 Å². The van der Waals surface area contributed by atoms with E-state index in [1.54, 1.807) is 80.6 Å². The summed E-state index contributed by atoms with van der Waals surface area (Å²) in [5.74, 6) is -1.55. The Kier molecular flexibility index (Phi) is 7.92. The number of ketones is 1. The van der Waals surface area contributed by atoms with Gasteiger partial charge in [0.15, 0.2) is 0 Å². The third-order valence-electron chi connectivity index (χ3n) is 6.61.